The summed E-state index contributed by atoms with van der Waals surface area (Å²) in [6, 6.07) is 14.3. The van der Waals surface area contributed by atoms with Gasteiger partial charge in [-0.15, -0.1) is 0 Å². The van der Waals surface area contributed by atoms with Crippen LogP contribution in [0.15, 0.2) is 47.4 Å². The molecular formula is C11H7ClS2. The van der Waals surface area contributed by atoms with Gasteiger partial charge in [-0.25, -0.2) is 0 Å². The summed E-state index contributed by atoms with van der Waals surface area (Å²) in [7, 11) is 0. The third-order valence-corrected chi connectivity index (χ3v) is 3.16. The van der Waals surface area contributed by atoms with Crippen LogP contribution in [0, 0.1) is 0 Å². The molecule has 0 radical (unpaired) electrons. The molecule has 0 aromatic heterocycles. The van der Waals surface area contributed by atoms with Crippen molar-refractivity contribution in [2.24, 2.45) is 0 Å². The van der Waals surface area contributed by atoms with Crippen LogP contribution in [0.4, 0.5) is 0 Å². The molecule has 0 spiro atoms. The molecule has 0 unspecified atom stereocenters. The highest BCUT2D eigenvalue weighted by Crippen LogP contribution is 2.29. The van der Waals surface area contributed by atoms with Gasteiger partial charge in [-0.05, 0) is 16.8 Å². The van der Waals surface area contributed by atoms with Gasteiger partial charge in [0.05, 0.1) is 0 Å². The van der Waals surface area contributed by atoms with Gasteiger partial charge < -0.3 is 0 Å². The van der Waals surface area contributed by atoms with Crippen LogP contribution in [0.25, 0.3) is 10.8 Å². The van der Waals surface area contributed by atoms with Crippen molar-refractivity contribution < 1.29 is 0 Å². The Balaban J connectivity index is 2.59. The monoisotopic (exact) mass is 238 g/mol. The SMILES string of the molecule is S=C(Cl)Sc1cccc2ccccc12. The molecule has 0 heterocycles. The number of halogens is 1. The first-order valence-electron chi connectivity index (χ1n) is 4.12. The quantitative estimate of drug-likeness (QED) is 0.409. The van der Waals surface area contributed by atoms with E-state index in [2.05, 4.69) is 18.2 Å². The van der Waals surface area contributed by atoms with Crippen molar-refractivity contribution in [2.75, 3.05) is 0 Å². The van der Waals surface area contributed by atoms with Crippen molar-refractivity contribution in [2.45, 2.75) is 4.90 Å². The van der Waals surface area contributed by atoms with Crippen molar-refractivity contribution in [3.05, 3.63) is 42.5 Å². The zero-order valence-electron chi connectivity index (χ0n) is 7.24. The van der Waals surface area contributed by atoms with E-state index in [4.69, 9.17) is 23.8 Å². The Morgan fingerprint density at radius 3 is 2.57 bits per heavy atom. The predicted octanol–water partition coefficient (Wildman–Crippen LogP) is 4.46. The fraction of sp³-hybridized carbons (Fsp3) is 0. The van der Waals surface area contributed by atoms with E-state index >= 15 is 0 Å². The molecule has 0 nitrogen and oxygen atoms in total. The number of fused-ring (bicyclic) bond motifs is 1. The highest BCUT2D eigenvalue weighted by atomic mass is 35.5. The average molecular weight is 239 g/mol. The second-order valence-electron chi connectivity index (χ2n) is 2.82. The first-order valence-corrected chi connectivity index (χ1v) is 5.73. The Kier molecular flexibility index (Phi) is 3.06. The molecule has 0 fully saturated rings. The van der Waals surface area contributed by atoms with E-state index in [0.29, 0.717) is 3.66 Å². The normalized spacial score (nSPS) is 10.4. The minimum absolute atomic E-state index is 0.432. The van der Waals surface area contributed by atoms with Crippen molar-refractivity contribution in [3.8, 4) is 0 Å². The summed E-state index contributed by atoms with van der Waals surface area (Å²) in [6.45, 7) is 0. The van der Waals surface area contributed by atoms with Crippen LogP contribution in [0.3, 0.4) is 0 Å². The number of thioether (sulfide) groups is 1. The number of rotatable bonds is 1. The zero-order chi connectivity index (χ0) is 9.97. The lowest BCUT2D eigenvalue weighted by molar-refractivity contribution is 1.56. The Labute approximate surface area is 97.3 Å². The Morgan fingerprint density at radius 2 is 1.79 bits per heavy atom. The predicted molar refractivity (Wildman–Crippen MR) is 68.3 cm³/mol. The first kappa shape index (κ1) is 9.97. The van der Waals surface area contributed by atoms with E-state index < -0.39 is 0 Å². The van der Waals surface area contributed by atoms with Crippen molar-refractivity contribution in [3.63, 3.8) is 0 Å². The molecule has 70 valence electrons. The number of hydrogen-bond acceptors (Lipinski definition) is 2. The van der Waals surface area contributed by atoms with Crippen LogP contribution in [0.5, 0.6) is 0 Å². The van der Waals surface area contributed by atoms with Crippen LogP contribution >= 0.6 is 35.6 Å². The van der Waals surface area contributed by atoms with Gasteiger partial charge in [-0.1, -0.05) is 72.0 Å². The van der Waals surface area contributed by atoms with E-state index in [1.807, 2.05) is 24.3 Å². The van der Waals surface area contributed by atoms with Gasteiger partial charge >= 0.3 is 0 Å². The highest BCUT2D eigenvalue weighted by Gasteiger charge is 2.01. The van der Waals surface area contributed by atoms with Gasteiger partial charge in [0, 0.05) is 4.90 Å². The van der Waals surface area contributed by atoms with Crippen LogP contribution in [0.1, 0.15) is 0 Å². The third-order valence-electron chi connectivity index (χ3n) is 1.94. The summed E-state index contributed by atoms with van der Waals surface area (Å²) in [4.78, 5) is 1.11. The molecule has 0 amide bonds. The maximum absolute atomic E-state index is 5.71. The van der Waals surface area contributed by atoms with E-state index in [-0.39, 0.29) is 0 Å². The smallest absolute Gasteiger partial charge is 0.0655 e. The topological polar surface area (TPSA) is 0 Å². The molecule has 0 saturated heterocycles. The van der Waals surface area contributed by atoms with Crippen molar-refractivity contribution in [1.82, 2.24) is 0 Å². The minimum atomic E-state index is 0.432. The van der Waals surface area contributed by atoms with E-state index in [9.17, 15) is 0 Å². The lowest BCUT2D eigenvalue weighted by atomic mass is 10.1. The second-order valence-corrected chi connectivity index (χ2v) is 5.36. The van der Waals surface area contributed by atoms with E-state index in [1.54, 1.807) is 0 Å². The van der Waals surface area contributed by atoms with Gasteiger partial charge in [0.1, 0.15) is 3.66 Å². The maximum atomic E-state index is 5.71. The molecule has 2 aromatic carbocycles. The fourth-order valence-electron chi connectivity index (χ4n) is 1.37. The molecule has 0 aliphatic rings. The molecule has 0 aliphatic heterocycles. The summed E-state index contributed by atoms with van der Waals surface area (Å²) >= 11 is 12.0. The van der Waals surface area contributed by atoms with E-state index in [1.165, 1.54) is 22.5 Å². The molecule has 0 bridgehead atoms. The van der Waals surface area contributed by atoms with Gasteiger partial charge in [0.2, 0.25) is 0 Å². The Hall–Kier alpha value is -0.570. The Morgan fingerprint density at radius 1 is 1.07 bits per heavy atom. The Bertz CT molecular complexity index is 474. The fourth-order valence-corrected chi connectivity index (χ4v) is 2.51. The van der Waals surface area contributed by atoms with Crippen LogP contribution in [-0.2, 0) is 0 Å². The summed E-state index contributed by atoms with van der Waals surface area (Å²) in [6.07, 6.45) is 0. The summed E-state index contributed by atoms with van der Waals surface area (Å²) < 4.78 is 0.432. The van der Waals surface area contributed by atoms with Gasteiger partial charge in [-0.3, -0.25) is 0 Å². The minimum Gasteiger partial charge on any atom is -0.0655 e. The van der Waals surface area contributed by atoms with Crippen molar-refractivity contribution in [1.29, 1.82) is 0 Å². The lowest BCUT2D eigenvalue weighted by Gasteiger charge is -2.03. The second kappa shape index (κ2) is 4.30. The molecule has 14 heavy (non-hydrogen) atoms. The van der Waals surface area contributed by atoms with Crippen molar-refractivity contribution >= 4 is 50.0 Å². The molecule has 3 heteroatoms. The van der Waals surface area contributed by atoms with E-state index in [0.717, 1.165) is 4.90 Å². The zero-order valence-corrected chi connectivity index (χ0v) is 9.62. The first-order chi connectivity index (χ1) is 6.77. The molecule has 0 saturated carbocycles. The third kappa shape index (κ3) is 2.08. The van der Waals surface area contributed by atoms with Crippen LogP contribution in [0.2, 0.25) is 0 Å². The molecule has 0 atom stereocenters. The summed E-state index contributed by atoms with van der Waals surface area (Å²) in [5.74, 6) is 0. The van der Waals surface area contributed by atoms with Crippen LogP contribution < -0.4 is 0 Å². The van der Waals surface area contributed by atoms with Gasteiger partial charge in [0.25, 0.3) is 0 Å². The molecule has 0 aliphatic carbocycles. The molecular weight excluding hydrogens is 232 g/mol. The average Bonchev–Trinajstić information content (AvgIpc) is 2.18. The highest BCUT2D eigenvalue weighted by molar-refractivity contribution is 8.26. The lowest BCUT2D eigenvalue weighted by Crippen LogP contribution is -1.78. The summed E-state index contributed by atoms with van der Waals surface area (Å²) in [5.41, 5.74) is 0. The number of thiocarbonyl (C=S) groups is 1. The maximum Gasteiger partial charge on any atom is 0.141 e. The van der Waals surface area contributed by atoms with Gasteiger partial charge in [0.15, 0.2) is 0 Å². The van der Waals surface area contributed by atoms with Gasteiger partial charge in [-0.2, -0.15) is 0 Å². The molecule has 2 aromatic rings. The number of benzene rings is 2. The largest absolute Gasteiger partial charge is 0.141 e. The summed E-state index contributed by atoms with van der Waals surface area (Å²) in [5, 5.41) is 2.41. The standard InChI is InChI=1S/C11H7ClS2/c12-11(13)14-10-7-3-5-8-4-1-2-6-9(8)10/h1-7H. The molecule has 0 N–H and O–H groups in total. The number of hydrogen-bond donors (Lipinski definition) is 0. The van der Waals surface area contributed by atoms with Crippen LogP contribution in [-0.4, -0.2) is 3.66 Å². The molecule has 2 rings (SSSR count).